The van der Waals surface area contributed by atoms with E-state index in [-0.39, 0.29) is 5.69 Å². The van der Waals surface area contributed by atoms with Gasteiger partial charge in [-0.1, -0.05) is 35.9 Å². The summed E-state index contributed by atoms with van der Waals surface area (Å²) in [6.45, 7) is 2.05. The number of benzene rings is 3. The number of carbonyl (C=O) groups is 1. The number of carbonyl (C=O) groups excluding carboxylic acids is 1. The molecule has 0 unspecified atom stereocenters. The molecular formula is C22H15NO4. The van der Waals surface area contributed by atoms with Crippen molar-refractivity contribution in [3.05, 3.63) is 99.1 Å². The molecule has 0 saturated heterocycles. The van der Waals surface area contributed by atoms with E-state index >= 15 is 0 Å². The van der Waals surface area contributed by atoms with Crippen molar-refractivity contribution in [2.24, 2.45) is 0 Å². The molecule has 1 heterocycles. The van der Waals surface area contributed by atoms with E-state index < -0.39 is 10.9 Å². The quantitative estimate of drug-likeness (QED) is 0.285. The maximum absolute atomic E-state index is 12.2. The molecule has 3 aromatic carbocycles. The highest BCUT2D eigenvalue weighted by Crippen LogP contribution is 2.30. The number of non-ortho nitro benzene ring substituents is 1. The summed E-state index contributed by atoms with van der Waals surface area (Å²) in [6, 6.07) is 18.1. The van der Waals surface area contributed by atoms with E-state index in [1.807, 2.05) is 37.3 Å². The van der Waals surface area contributed by atoms with Crippen molar-refractivity contribution in [3.63, 3.8) is 0 Å². The van der Waals surface area contributed by atoms with Gasteiger partial charge in [0.2, 0.25) is 0 Å². The van der Waals surface area contributed by atoms with Gasteiger partial charge in [-0.05, 0) is 53.6 Å². The number of cyclic esters (lactones) is 1. The molecular weight excluding hydrogens is 342 g/mol. The summed E-state index contributed by atoms with van der Waals surface area (Å²) in [5.74, 6) is 0.0583. The SMILES string of the molecule is Cc1ccc2cc(C3=C/C(=C/c4ccc([N+](=O)[O-])cc4)C(=O)O3)ccc2c1. The number of ether oxygens (including phenoxy) is 1. The van der Waals surface area contributed by atoms with Gasteiger partial charge in [0.15, 0.2) is 0 Å². The van der Waals surface area contributed by atoms with E-state index in [1.165, 1.54) is 17.7 Å². The highest BCUT2D eigenvalue weighted by atomic mass is 16.6. The van der Waals surface area contributed by atoms with E-state index in [2.05, 4.69) is 6.07 Å². The lowest BCUT2D eigenvalue weighted by Crippen LogP contribution is -1.97. The van der Waals surface area contributed by atoms with Crippen LogP contribution >= 0.6 is 0 Å². The lowest BCUT2D eigenvalue weighted by atomic mass is 10.0. The largest absolute Gasteiger partial charge is 0.422 e. The average Bonchev–Trinajstić information content (AvgIpc) is 3.02. The summed E-state index contributed by atoms with van der Waals surface area (Å²) in [7, 11) is 0. The van der Waals surface area contributed by atoms with Gasteiger partial charge >= 0.3 is 5.97 Å². The molecule has 3 aromatic rings. The van der Waals surface area contributed by atoms with Crippen LogP contribution in [0.2, 0.25) is 0 Å². The van der Waals surface area contributed by atoms with Gasteiger partial charge in [0.25, 0.3) is 5.69 Å². The number of esters is 1. The van der Waals surface area contributed by atoms with E-state index in [0.717, 1.165) is 16.3 Å². The molecule has 0 aromatic heterocycles. The minimum atomic E-state index is -0.458. The van der Waals surface area contributed by atoms with Crippen molar-refractivity contribution >= 4 is 34.3 Å². The summed E-state index contributed by atoms with van der Waals surface area (Å²) in [6.07, 6.45) is 3.35. The number of nitro benzene ring substituents is 1. The Balaban J connectivity index is 1.66. The molecule has 0 aliphatic carbocycles. The molecule has 0 atom stereocenters. The first-order valence-electron chi connectivity index (χ1n) is 8.40. The summed E-state index contributed by atoms with van der Waals surface area (Å²) >= 11 is 0. The van der Waals surface area contributed by atoms with E-state index in [9.17, 15) is 14.9 Å². The predicted molar refractivity (Wildman–Crippen MR) is 104 cm³/mol. The van der Waals surface area contributed by atoms with Crippen LogP contribution in [0.1, 0.15) is 16.7 Å². The topological polar surface area (TPSA) is 69.4 Å². The summed E-state index contributed by atoms with van der Waals surface area (Å²) in [5, 5.41) is 12.9. The maximum atomic E-state index is 12.2. The molecule has 0 saturated carbocycles. The Kier molecular flexibility index (Phi) is 4.05. The zero-order valence-electron chi connectivity index (χ0n) is 14.5. The Labute approximate surface area is 155 Å². The number of rotatable bonds is 3. The molecule has 0 fully saturated rings. The van der Waals surface area contributed by atoms with Crippen molar-refractivity contribution in [1.29, 1.82) is 0 Å². The number of hydrogen-bond acceptors (Lipinski definition) is 4. The minimum Gasteiger partial charge on any atom is -0.422 e. The molecule has 4 rings (SSSR count). The first kappa shape index (κ1) is 16.7. The second-order valence-corrected chi connectivity index (χ2v) is 6.41. The lowest BCUT2D eigenvalue weighted by molar-refractivity contribution is -0.384. The van der Waals surface area contributed by atoms with Crippen molar-refractivity contribution in [2.45, 2.75) is 6.92 Å². The molecule has 0 N–H and O–H groups in total. The number of nitrogens with zero attached hydrogens (tertiary/aromatic N) is 1. The number of nitro groups is 1. The molecule has 0 amide bonds. The Morgan fingerprint density at radius 1 is 0.963 bits per heavy atom. The monoisotopic (exact) mass is 357 g/mol. The van der Waals surface area contributed by atoms with Crippen LogP contribution in [-0.4, -0.2) is 10.9 Å². The zero-order chi connectivity index (χ0) is 19.0. The third-order valence-corrected chi connectivity index (χ3v) is 4.43. The predicted octanol–water partition coefficient (Wildman–Crippen LogP) is 5.04. The number of fused-ring (bicyclic) bond motifs is 1. The minimum absolute atomic E-state index is 0.00813. The third kappa shape index (κ3) is 3.35. The van der Waals surface area contributed by atoms with Gasteiger partial charge in [0.1, 0.15) is 5.76 Å². The summed E-state index contributed by atoms with van der Waals surface area (Å²) in [5.41, 5.74) is 3.12. The third-order valence-electron chi connectivity index (χ3n) is 4.43. The lowest BCUT2D eigenvalue weighted by Gasteiger charge is -2.05. The van der Waals surface area contributed by atoms with Gasteiger partial charge < -0.3 is 4.74 Å². The standard InChI is InChI=1S/C22H15NO4/c1-14-2-5-17-12-18(7-6-16(17)10-14)21-13-19(22(24)27-21)11-15-3-8-20(9-4-15)23(25)26/h2-13H,1H3/b19-11-. The van der Waals surface area contributed by atoms with Crippen LogP contribution < -0.4 is 0 Å². The summed E-state index contributed by atoms with van der Waals surface area (Å²) < 4.78 is 5.41. The molecule has 5 nitrogen and oxygen atoms in total. The highest BCUT2D eigenvalue weighted by Gasteiger charge is 2.22. The molecule has 0 bridgehead atoms. The molecule has 0 spiro atoms. The van der Waals surface area contributed by atoms with Crippen molar-refractivity contribution < 1.29 is 14.5 Å². The van der Waals surface area contributed by atoms with Gasteiger partial charge in [-0.15, -0.1) is 0 Å². The van der Waals surface area contributed by atoms with Crippen LogP contribution in [0.5, 0.6) is 0 Å². The van der Waals surface area contributed by atoms with Crippen molar-refractivity contribution in [1.82, 2.24) is 0 Å². The Morgan fingerprint density at radius 3 is 2.41 bits per heavy atom. The maximum Gasteiger partial charge on any atom is 0.343 e. The fourth-order valence-corrected chi connectivity index (χ4v) is 3.02. The summed E-state index contributed by atoms with van der Waals surface area (Å²) in [4.78, 5) is 22.5. The van der Waals surface area contributed by atoms with Crippen LogP contribution in [0, 0.1) is 17.0 Å². The van der Waals surface area contributed by atoms with Crippen LogP contribution in [0.25, 0.3) is 22.6 Å². The first-order valence-corrected chi connectivity index (χ1v) is 8.40. The van der Waals surface area contributed by atoms with Gasteiger partial charge in [0.05, 0.1) is 10.5 Å². The fourth-order valence-electron chi connectivity index (χ4n) is 3.02. The molecule has 27 heavy (non-hydrogen) atoms. The van der Waals surface area contributed by atoms with Crippen LogP contribution in [0.15, 0.2) is 72.3 Å². The van der Waals surface area contributed by atoms with Crippen molar-refractivity contribution in [3.8, 4) is 0 Å². The molecule has 1 aliphatic rings. The molecule has 1 aliphatic heterocycles. The van der Waals surface area contributed by atoms with E-state index in [4.69, 9.17) is 4.74 Å². The Morgan fingerprint density at radius 2 is 1.67 bits per heavy atom. The second-order valence-electron chi connectivity index (χ2n) is 6.41. The fraction of sp³-hybridized carbons (Fsp3) is 0.0455. The van der Waals surface area contributed by atoms with Crippen LogP contribution in [0.4, 0.5) is 5.69 Å². The van der Waals surface area contributed by atoms with Gasteiger partial charge in [0, 0.05) is 17.7 Å². The average molecular weight is 357 g/mol. The van der Waals surface area contributed by atoms with Crippen LogP contribution in [0.3, 0.4) is 0 Å². The van der Waals surface area contributed by atoms with Gasteiger partial charge in [-0.2, -0.15) is 0 Å². The van der Waals surface area contributed by atoms with E-state index in [0.29, 0.717) is 16.9 Å². The molecule has 5 heteroatoms. The van der Waals surface area contributed by atoms with Gasteiger partial charge in [-0.25, -0.2) is 4.79 Å². The molecule has 132 valence electrons. The van der Waals surface area contributed by atoms with Gasteiger partial charge in [-0.3, -0.25) is 10.1 Å². The Bertz CT molecular complexity index is 1140. The van der Waals surface area contributed by atoms with Crippen LogP contribution in [-0.2, 0) is 9.53 Å². The number of hydrogen-bond donors (Lipinski definition) is 0. The number of aryl methyl sites for hydroxylation is 1. The smallest absolute Gasteiger partial charge is 0.343 e. The zero-order valence-corrected chi connectivity index (χ0v) is 14.5. The Hall–Kier alpha value is -3.73. The van der Waals surface area contributed by atoms with Crippen molar-refractivity contribution in [2.75, 3.05) is 0 Å². The second kappa shape index (κ2) is 6.53. The van der Waals surface area contributed by atoms with E-state index in [1.54, 1.807) is 24.3 Å². The highest BCUT2D eigenvalue weighted by molar-refractivity contribution is 6.05. The normalized spacial score (nSPS) is 15.1. The first-order chi connectivity index (χ1) is 13.0. The molecule has 0 radical (unpaired) electrons.